The predicted octanol–water partition coefficient (Wildman–Crippen LogP) is 5.93. The van der Waals surface area contributed by atoms with E-state index in [1.165, 1.54) is 11.3 Å². The van der Waals surface area contributed by atoms with E-state index in [4.69, 9.17) is 9.15 Å². The zero-order chi connectivity index (χ0) is 21.2. The average Bonchev–Trinajstić information content (AvgIpc) is 3.45. The van der Waals surface area contributed by atoms with E-state index in [-0.39, 0.29) is 11.9 Å². The van der Waals surface area contributed by atoms with Gasteiger partial charge in [-0.05, 0) is 41.3 Å². The molecule has 1 fully saturated rings. The number of nitrogens with zero attached hydrogens (tertiary/aromatic N) is 1. The van der Waals surface area contributed by atoms with Crippen molar-refractivity contribution < 1.29 is 13.9 Å². The Labute approximate surface area is 192 Å². The number of morpholine rings is 1. The summed E-state index contributed by atoms with van der Waals surface area (Å²) >= 11 is 4.96. The molecule has 0 radical (unpaired) electrons. The largest absolute Gasteiger partial charge is 0.457 e. The number of hydrogen-bond donors (Lipinski definition) is 1. The lowest BCUT2D eigenvalue weighted by molar-refractivity contribution is 0.0206. The Hall–Kier alpha value is -2.45. The number of carbonyl (C=O) groups is 1. The number of hydrogen-bond acceptors (Lipinski definition) is 5. The van der Waals surface area contributed by atoms with Crippen LogP contribution in [-0.4, -0.2) is 37.1 Å². The molecule has 158 valence electrons. The van der Waals surface area contributed by atoms with Crippen LogP contribution in [0.4, 0.5) is 5.69 Å². The van der Waals surface area contributed by atoms with E-state index >= 15 is 0 Å². The van der Waals surface area contributed by atoms with Gasteiger partial charge in [-0.2, -0.15) is 0 Å². The molecule has 0 aliphatic carbocycles. The van der Waals surface area contributed by atoms with Gasteiger partial charge < -0.3 is 14.5 Å². The number of furan rings is 1. The minimum atomic E-state index is -0.136. The van der Waals surface area contributed by atoms with Crippen molar-refractivity contribution in [2.75, 3.05) is 31.6 Å². The Kier molecular flexibility index (Phi) is 5.91. The quantitative estimate of drug-likeness (QED) is 0.371. The molecule has 31 heavy (non-hydrogen) atoms. The summed E-state index contributed by atoms with van der Waals surface area (Å²) in [4.78, 5) is 16.0. The van der Waals surface area contributed by atoms with Crippen molar-refractivity contribution in [3.8, 4) is 0 Å². The van der Waals surface area contributed by atoms with E-state index in [9.17, 15) is 4.79 Å². The third-order valence-corrected chi connectivity index (χ3v) is 6.85. The molecule has 7 heteroatoms. The third-order valence-electron chi connectivity index (χ3n) is 5.45. The highest BCUT2D eigenvalue weighted by Gasteiger charge is 2.31. The van der Waals surface area contributed by atoms with Gasteiger partial charge in [0.1, 0.15) is 11.3 Å². The van der Waals surface area contributed by atoms with Crippen LogP contribution < -0.4 is 5.32 Å². The molecule has 0 spiro atoms. The van der Waals surface area contributed by atoms with Crippen LogP contribution in [0.3, 0.4) is 0 Å². The van der Waals surface area contributed by atoms with Crippen molar-refractivity contribution in [1.29, 1.82) is 0 Å². The van der Waals surface area contributed by atoms with Crippen molar-refractivity contribution in [2.24, 2.45) is 0 Å². The fourth-order valence-corrected chi connectivity index (χ4v) is 4.86. The summed E-state index contributed by atoms with van der Waals surface area (Å²) < 4.78 is 13.0. The summed E-state index contributed by atoms with van der Waals surface area (Å²) in [6.45, 7) is 2.92. The molecule has 2 aromatic heterocycles. The van der Waals surface area contributed by atoms with E-state index in [0.29, 0.717) is 18.1 Å². The van der Waals surface area contributed by atoms with E-state index in [1.807, 2.05) is 53.9 Å². The number of nitrogens with one attached hydrogen (secondary N) is 1. The minimum Gasteiger partial charge on any atom is -0.457 e. The zero-order valence-corrected chi connectivity index (χ0v) is 19.1. The highest BCUT2D eigenvalue weighted by Crippen LogP contribution is 2.41. The first-order valence-electron chi connectivity index (χ1n) is 10.1. The molecule has 1 amide bonds. The van der Waals surface area contributed by atoms with Crippen LogP contribution in [0, 0.1) is 0 Å². The number of carbonyl (C=O) groups excluding carboxylic acids is 1. The molecule has 4 aromatic rings. The second kappa shape index (κ2) is 8.96. The molecular formula is C24H21BrN2O3S. The number of rotatable bonds is 5. The lowest BCUT2D eigenvalue weighted by atomic mass is 10.0. The molecule has 1 aliphatic heterocycles. The topological polar surface area (TPSA) is 54.7 Å². The summed E-state index contributed by atoms with van der Waals surface area (Å²) in [7, 11) is 0. The molecule has 3 heterocycles. The van der Waals surface area contributed by atoms with Gasteiger partial charge in [-0.25, -0.2) is 0 Å². The first kappa shape index (κ1) is 20.5. The Bertz CT molecular complexity index is 1180. The molecule has 1 aliphatic rings. The standard InChI is InChI=1S/C24H21BrN2O3S/c25-17-9-7-16(8-10-17)22(27-11-13-29-14-12-27)23-21(18-4-1-2-5-19(18)30-23)26-24(28)20-6-3-15-31-20/h1-10,15,22H,11-14H2,(H,26,28). The maximum absolute atomic E-state index is 13.0. The van der Waals surface area contributed by atoms with Gasteiger partial charge in [0.25, 0.3) is 5.91 Å². The minimum absolute atomic E-state index is 0.126. The van der Waals surface area contributed by atoms with E-state index in [2.05, 4.69) is 38.3 Å². The second-order valence-electron chi connectivity index (χ2n) is 7.37. The van der Waals surface area contributed by atoms with Gasteiger partial charge in [0.05, 0.1) is 29.8 Å². The Morgan fingerprint density at radius 2 is 1.81 bits per heavy atom. The molecule has 5 nitrogen and oxygen atoms in total. The number of thiophene rings is 1. The summed E-state index contributed by atoms with van der Waals surface area (Å²) in [6, 6.07) is 19.7. The number of para-hydroxylation sites is 1. The van der Waals surface area contributed by atoms with Crippen molar-refractivity contribution in [1.82, 2.24) is 4.90 Å². The monoisotopic (exact) mass is 496 g/mol. The van der Waals surface area contributed by atoms with E-state index < -0.39 is 0 Å². The summed E-state index contributed by atoms with van der Waals surface area (Å²) in [5, 5.41) is 5.95. The molecular weight excluding hydrogens is 476 g/mol. The van der Waals surface area contributed by atoms with Crippen molar-refractivity contribution in [3.05, 3.63) is 86.7 Å². The number of halogens is 1. The van der Waals surface area contributed by atoms with Gasteiger partial charge in [-0.3, -0.25) is 9.69 Å². The molecule has 0 saturated carbocycles. The second-order valence-corrected chi connectivity index (χ2v) is 9.23. The number of fused-ring (bicyclic) bond motifs is 1. The molecule has 1 unspecified atom stereocenters. The van der Waals surface area contributed by atoms with E-state index in [0.717, 1.165) is 45.5 Å². The predicted molar refractivity (Wildman–Crippen MR) is 127 cm³/mol. The molecule has 1 N–H and O–H groups in total. The average molecular weight is 497 g/mol. The summed E-state index contributed by atoms with van der Waals surface area (Å²) in [5.74, 6) is 0.620. The first-order chi connectivity index (χ1) is 15.2. The molecule has 1 atom stereocenters. The number of anilines is 1. The number of amides is 1. The first-order valence-corrected chi connectivity index (χ1v) is 11.8. The lowest BCUT2D eigenvalue weighted by Gasteiger charge is -2.34. The van der Waals surface area contributed by atoms with Crippen LogP contribution in [0.2, 0.25) is 0 Å². The van der Waals surface area contributed by atoms with Crippen LogP contribution in [0.1, 0.15) is 27.0 Å². The van der Waals surface area contributed by atoms with Gasteiger partial charge in [-0.15, -0.1) is 11.3 Å². The highest BCUT2D eigenvalue weighted by atomic mass is 79.9. The molecule has 2 aromatic carbocycles. The molecule has 5 rings (SSSR count). The van der Waals surface area contributed by atoms with Gasteiger partial charge in [0.15, 0.2) is 0 Å². The Morgan fingerprint density at radius 3 is 2.55 bits per heavy atom. The lowest BCUT2D eigenvalue weighted by Crippen LogP contribution is -2.39. The summed E-state index contributed by atoms with van der Waals surface area (Å²) in [6.07, 6.45) is 0. The van der Waals surface area contributed by atoms with Gasteiger partial charge in [-0.1, -0.05) is 46.3 Å². The van der Waals surface area contributed by atoms with Crippen molar-refractivity contribution in [3.63, 3.8) is 0 Å². The third kappa shape index (κ3) is 4.19. The van der Waals surface area contributed by atoms with Crippen LogP contribution in [0.15, 0.2) is 74.9 Å². The Balaban J connectivity index is 1.64. The number of benzene rings is 2. The maximum atomic E-state index is 13.0. The van der Waals surface area contributed by atoms with Crippen molar-refractivity contribution >= 4 is 49.8 Å². The zero-order valence-electron chi connectivity index (χ0n) is 16.7. The summed E-state index contributed by atoms with van der Waals surface area (Å²) in [5.41, 5.74) is 2.60. The smallest absolute Gasteiger partial charge is 0.265 e. The fraction of sp³-hybridized carbons (Fsp3) is 0.208. The van der Waals surface area contributed by atoms with Gasteiger partial charge in [0.2, 0.25) is 0 Å². The SMILES string of the molecule is O=C(Nc1c(C(c2ccc(Br)cc2)N2CCOCC2)oc2ccccc12)c1cccs1. The van der Waals surface area contributed by atoms with Crippen LogP contribution in [0.25, 0.3) is 11.0 Å². The van der Waals surface area contributed by atoms with Crippen molar-refractivity contribution in [2.45, 2.75) is 6.04 Å². The molecule has 1 saturated heterocycles. The maximum Gasteiger partial charge on any atom is 0.265 e. The number of ether oxygens (including phenoxy) is 1. The molecule has 0 bridgehead atoms. The van der Waals surface area contributed by atoms with Crippen LogP contribution >= 0.6 is 27.3 Å². The van der Waals surface area contributed by atoms with Crippen LogP contribution in [0.5, 0.6) is 0 Å². The van der Waals surface area contributed by atoms with Gasteiger partial charge in [0, 0.05) is 22.9 Å². The fourth-order valence-electron chi connectivity index (χ4n) is 3.98. The van der Waals surface area contributed by atoms with Crippen LogP contribution in [-0.2, 0) is 4.74 Å². The van der Waals surface area contributed by atoms with Gasteiger partial charge >= 0.3 is 0 Å². The highest BCUT2D eigenvalue weighted by molar-refractivity contribution is 9.10. The normalized spacial score (nSPS) is 15.8. The van der Waals surface area contributed by atoms with E-state index in [1.54, 1.807) is 0 Å². The Morgan fingerprint density at radius 1 is 1.03 bits per heavy atom.